The van der Waals surface area contributed by atoms with Crippen molar-refractivity contribution in [3.63, 3.8) is 0 Å². The van der Waals surface area contributed by atoms with Crippen LogP contribution in [0.2, 0.25) is 0 Å². The molecule has 0 radical (unpaired) electrons. The molecule has 2 nitrogen and oxygen atoms in total. The Balaban J connectivity index is 0.000000561. The van der Waals surface area contributed by atoms with Gasteiger partial charge in [-0.2, -0.15) is 5.10 Å². The summed E-state index contributed by atoms with van der Waals surface area (Å²) >= 11 is 0. The van der Waals surface area contributed by atoms with Crippen LogP contribution in [0.15, 0.2) is 25.4 Å². The molecule has 0 aliphatic heterocycles. The highest BCUT2D eigenvalue weighted by molar-refractivity contribution is 5.59. The Kier molecular flexibility index (Phi) is 4.77. The van der Waals surface area contributed by atoms with Crippen LogP contribution in [0.5, 0.6) is 0 Å². The fourth-order valence-electron chi connectivity index (χ4n) is 0.798. The van der Waals surface area contributed by atoms with Crippen LogP contribution in [0.25, 0.3) is 11.8 Å². The third-order valence-electron chi connectivity index (χ3n) is 1.28. The predicted octanol–water partition coefficient (Wildman–Crippen LogP) is 3.04. The molecule has 0 bridgehead atoms. The molecule has 0 fully saturated rings. The SMILES string of the molecule is C=Cn1nccc1C(=C)C.CC. The van der Waals surface area contributed by atoms with E-state index < -0.39 is 0 Å². The summed E-state index contributed by atoms with van der Waals surface area (Å²) < 4.78 is 1.70. The van der Waals surface area contributed by atoms with Gasteiger partial charge in [0.1, 0.15) is 0 Å². The Bertz CT molecular complexity index is 259. The van der Waals surface area contributed by atoms with E-state index in [9.17, 15) is 0 Å². The molecule has 0 unspecified atom stereocenters. The van der Waals surface area contributed by atoms with Gasteiger partial charge in [0.25, 0.3) is 0 Å². The van der Waals surface area contributed by atoms with Gasteiger partial charge in [-0.25, -0.2) is 4.68 Å². The van der Waals surface area contributed by atoms with Crippen LogP contribution in [-0.2, 0) is 0 Å². The first-order chi connectivity index (χ1) is 5.75. The molecule has 0 aliphatic carbocycles. The summed E-state index contributed by atoms with van der Waals surface area (Å²) in [5.74, 6) is 0. The molecule has 1 aromatic rings. The van der Waals surface area contributed by atoms with E-state index in [1.807, 2.05) is 26.8 Å². The van der Waals surface area contributed by atoms with E-state index in [-0.39, 0.29) is 0 Å². The Labute approximate surface area is 74.2 Å². The molecule has 0 saturated heterocycles. The number of nitrogens with zero attached hydrogens (tertiary/aromatic N) is 2. The molecule has 1 heterocycles. The topological polar surface area (TPSA) is 17.8 Å². The zero-order chi connectivity index (χ0) is 9.56. The predicted molar refractivity (Wildman–Crippen MR) is 54.7 cm³/mol. The van der Waals surface area contributed by atoms with Gasteiger partial charge >= 0.3 is 0 Å². The molecular weight excluding hydrogens is 148 g/mol. The molecule has 0 saturated carbocycles. The number of hydrogen-bond acceptors (Lipinski definition) is 1. The first-order valence-electron chi connectivity index (χ1n) is 4.07. The van der Waals surface area contributed by atoms with Crippen molar-refractivity contribution in [3.8, 4) is 0 Å². The molecule has 0 aromatic carbocycles. The molecular formula is C10H16N2. The molecule has 0 aliphatic rings. The van der Waals surface area contributed by atoms with E-state index in [0.29, 0.717) is 0 Å². The van der Waals surface area contributed by atoms with Crippen molar-refractivity contribution in [2.45, 2.75) is 20.8 Å². The van der Waals surface area contributed by atoms with Crippen LogP contribution in [0.4, 0.5) is 0 Å². The Morgan fingerprint density at radius 1 is 1.58 bits per heavy atom. The van der Waals surface area contributed by atoms with Crippen molar-refractivity contribution in [2.24, 2.45) is 0 Å². The van der Waals surface area contributed by atoms with E-state index in [1.165, 1.54) is 0 Å². The largest absolute Gasteiger partial charge is 0.241 e. The summed E-state index contributed by atoms with van der Waals surface area (Å²) in [6.45, 7) is 13.3. The third-order valence-corrected chi connectivity index (χ3v) is 1.28. The van der Waals surface area contributed by atoms with E-state index in [1.54, 1.807) is 17.1 Å². The van der Waals surface area contributed by atoms with Crippen LogP contribution in [0, 0.1) is 0 Å². The van der Waals surface area contributed by atoms with Crippen molar-refractivity contribution in [2.75, 3.05) is 0 Å². The first-order valence-corrected chi connectivity index (χ1v) is 4.07. The van der Waals surface area contributed by atoms with Crippen LogP contribution in [-0.4, -0.2) is 9.78 Å². The van der Waals surface area contributed by atoms with E-state index in [0.717, 1.165) is 11.3 Å². The molecule has 0 amide bonds. The van der Waals surface area contributed by atoms with Gasteiger partial charge in [-0.15, -0.1) is 0 Å². The van der Waals surface area contributed by atoms with Crippen LogP contribution in [0.3, 0.4) is 0 Å². The zero-order valence-corrected chi connectivity index (χ0v) is 8.04. The molecule has 0 N–H and O–H groups in total. The highest BCUT2D eigenvalue weighted by Gasteiger charge is 1.97. The van der Waals surface area contributed by atoms with Gasteiger partial charge in [0, 0.05) is 12.4 Å². The van der Waals surface area contributed by atoms with Gasteiger partial charge in [0.15, 0.2) is 0 Å². The quantitative estimate of drug-likeness (QED) is 0.657. The van der Waals surface area contributed by atoms with E-state index in [4.69, 9.17) is 0 Å². The average molecular weight is 164 g/mol. The van der Waals surface area contributed by atoms with Crippen molar-refractivity contribution in [1.82, 2.24) is 9.78 Å². The lowest BCUT2D eigenvalue weighted by atomic mass is 10.2. The van der Waals surface area contributed by atoms with Crippen LogP contribution >= 0.6 is 0 Å². The molecule has 1 rings (SSSR count). The molecule has 0 spiro atoms. The van der Waals surface area contributed by atoms with Crippen molar-refractivity contribution in [3.05, 3.63) is 31.1 Å². The molecule has 0 atom stereocenters. The summed E-state index contributed by atoms with van der Waals surface area (Å²) in [4.78, 5) is 0. The number of allylic oxidation sites excluding steroid dienone is 1. The maximum absolute atomic E-state index is 3.99. The maximum Gasteiger partial charge on any atom is 0.0684 e. The molecule has 66 valence electrons. The normalized spacial score (nSPS) is 8.25. The van der Waals surface area contributed by atoms with Gasteiger partial charge in [0.05, 0.1) is 5.69 Å². The van der Waals surface area contributed by atoms with Crippen LogP contribution < -0.4 is 0 Å². The number of aromatic nitrogens is 2. The molecule has 1 aromatic heterocycles. The fourth-order valence-corrected chi connectivity index (χ4v) is 0.798. The van der Waals surface area contributed by atoms with Gasteiger partial charge in [-0.05, 0) is 18.6 Å². The number of rotatable bonds is 2. The van der Waals surface area contributed by atoms with Gasteiger partial charge in [-0.3, -0.25) is 0 Å². The minimum atomic E-state index is 0.998. The minimum absolute atomic E-state index is 0.998. The van der Waals surface area contributed by atoms with Gasteiger partial charge in [-0.1, -0.05) is 27.0 Å². The maximum atomic E-state index is 3.99. The number of hydrogen-bond donors (Lipinski definition) is 0. The standard InChI is InChI=1S/C8H10N2.C2H6/c1-4-10-8(7(2)3)5-6-9-10;1-2/h4-6H,1-2H2,3H3;1-2H3. The first kappa shape index (κ1) is 10.7. The van der Waals surface area contributed by atoms with Crippen LogP contribution in [0.1, 0.15) is 26.5 Å². The Hall–Kier alpha value is -1.31. The zero-order valence-electron chi connectivity index (χ0n) is 8.04. The molecule has 2 heteroatoms. The summed E-state index contributed by atoms with van der Waals surface area (Å²) in [5.41, 5.74) is 2.01. The molecule has 12 heavy (non-hydrogen) atoms. The highest BCUT2D eigenvalue weighted by Crippen LogP contribution is 2.09. The third kappa shape index (κ3) is 2.38. The smallest absolute Gasteiger partial charge is 0.0684 e. The van der Waals surface area contributed by atoms with Gasteiger partial charge < -0.3 is 0 Å². The second kappa shape index (κ2) is 5.35. The lowest BCUT2D eigenvalue weighted by Gasteiger charge is -1.98. The van der Waals surface area contributed by atoms with Crippen molar-refractivity contribution in [1.29, 1.82) is 0 Å². The average Bonchev–Trinajstić information content (AvgIpc) is 2.55. The van der Waals surface area contributed by atoms with Crippen molar-refractivity contribution < 1.29 is 0 Å². The van der Waals surface area contributed by atoms with E-state index >= 15 is 0 Å². The summed E-state index contributed by atoms with van der Waals surface area (Å²) in [5, 5.41) is 3.99. The van der Waals surface area contributed by atoms with Gasteiger partial charge in [0.2, 0.25) is 0 Å². The van der Waals surface area contributed by atoms with E-state index in [2.05, 4.69) is 18.3 Å². The highest BCUT2D eigenvalue weighted by atomic mass is 15.3. The second-order valence-corrected chi connectivity index (χ2v) is 2.12. The fraction of sp³-hybridized carbons (Fsp3) is 0.300. The second-order valence-electron chi connectivity index (χ2n) is 2.12. The lowest BCUT2D eigenvalue weighted by molar-refractivity contribution is 0.921. The monoisotopic (exact) mass is 164 g/mol. The Morgan fingerprint density at radius 3 is 2.50 bits per heavy atom. The minimum Gasteiger partial charge on any atom is -0.241 e. The Morgan fingerprint density at radius 2 is 2.17 bits per heavy atom. The summed E-state index contributed by atoms with van der Waals surface area (Å²) in [6, 6.07) is 1.91. The lowest BCUT2D eigenvalue weighted by Crippen LogP contribution is -1.92. The summed E-state index contributed by atoms with van der Waals surface area (Å²) in [6.07, 6.45) is 3.38. The van der Waals surface area contributed by atoms with Crippen molar-refractivity contribution >= 4 is 11.8 Å². The summed E-state index contributed by atoms with van der Waals surface area (Å²) in [7, 11) is 0.